The van der Waals surface area contributed by atoms with Gasteiger partial charge in [0.1, 0.15) is 0 Å². The van der Waals surface area contributed by atoms with Crippen LogP contribution in [0.3, 0.4) is 0 Å². The van der Waals surface area contributed by atoms with Gasteiger partial charge in [-0.1, -0.05) is 38.1 Å². The van der Waals surface area contributed by atoms with E-state index in [1.54, 1.807) is 6.21 Å². The molecule has 0 saturated heterocycles. The standard InChI is InChI=1S/C14H17NO/c1-13(2)12-11-6-4-3-5-10(11)7-8-14(12,13)9-15-16/h3-6,9,12,16H,7-8H2,1-2H3/b15-9+. The second kappa shape index (κ2) is 2.88. The molecule has 0 radical (unpaired) electrons. The van der Waals surface area contributed by atoms with Crippen molar-refractivity contribution in [2.24, 2.45) is 16.0 Å². The van der Waals surface area contributed by atoms with Gasteiger partial charge in [0.2, 0.25) is 0 Å². The van der Waals surface area contributed by atoms with Gasteiger partial charge in [-0.15, -0.1) is 5.16 Å². The van der Waals surface area contributed by atoms with E-state index in [2.05, 4.69) is 43.3 Å². The lowest BCUT2D eigenvalue weighted by molar-refractivity contribution is 0.313. The molecular weight excluding hydrogens is 198 g/mol. The molecule has 0 amide bonds. The Kier molecular flexibility index (Phi) is 1.78. The van der Waals surface area contributed by atoms with Gasteiger partial charge in [-0.25, -0.2) is 0 Å². The third kappa shape index (κ3) is 0.952. The van der Waals surface area contributed by atoms with Crippen LogP contribution < -0.4 is 0 Å². The molecule has 2 aliphatic carbocycles. The molecule has 1 fully saturated rings. The summed E-state index contributed by atoms with van der Waals surface area (Å²) >= 11 is 0. The fourth-order valence-corrected chi connectivity index (χ4v) is 3.81. The molecule has 2 nitrogen and oxygen atoms in total. The van der Waals surface area contributed by atoms with Crippen molar-refractivity contribution in [3.63, 3.8) is 0 Å². The van der Waals surface area contributed by atoms with E-state index >= 15 is 0 Å². The van der Waals surface area contributed by atoms with Gasteiger partial charge in [0.05, 0.1) is 6.21 Å². The number of fused-ring (bicyclic) bond motifs is 3. The van der Waals surface area contributed by atoms with E-state index in [-0.39, 0.29) is 10.8 Å². The third-order valence-corrected chi connectivity index (χ3v) is 4.82. The summed E-state index contributed by atoms with van der Waals surface area (Å²) in [6, 6.07) is 8.68. The Hall–Kier alpha value is -1.31. The number of hydrogen-bond donors (Lipinski definition) is 1. The lowest BCUT2D eigenvalue weighted by atomic mass is 9.84. The molecule has 1 aromatic rings. The highest BCUT2D eigenvalue weighted by atomic mass is 16.4. The lowest BCUT2D eigenvalue weighted by Crippen LogP contribution is -2.16. The maximum Gasteiger partial charge on any atom is 0.0509 e. The molecule has 84 valence electrons. The predicted octanol–water partition coefficient (Wildman–Crippen LogP) is 3.20. The molecule has 0 heterocycles. The molecule has 0 spiro atoms. The van der Waals surface area contributed by atoms with Crippen LogP contribution in [0.5, 0.6) is 0 Å². The Morgan fingerprint density at radius 3 is 2.88 bits per heavy atom. The average Bonchev–Trinajstić information content (AvgIpc) is 2.77. The number of hydrogen-bond acceptors (Lipinski definition) is 2. The van der Waals surface area contributed by atoms with Crippen LogP contribution in [0.15, 0.2) is 29.4 Å². The molecule has 2 unspecified atom stereocenters. The minimum absolute atomic E-state index is 0.0934. The maximum absolute atomic E-state index is 8.86. The van der Waals surface area contributed by atoms with Crippen molar-refractivity contribution in [1.82, 2.24) is 0 Å². The minimum Gasteiger partial charge on any atom is -0.411 e. The summed E-state index contributed by atoms with van der Waals surface area (Å²) in [4.78, 5) is 0. The first-order valence-electron chi connectivity index (χ1n) is 5.90. The Morgan fingerprint density at radius 2 is 2.12 bits per heavy atom. The first-order valence-corrected chi connectivity index (χ1v) is 5.90. The quantitative estimate of drug-likeness (QED) is 0.435. The molecule has 1 N–H and O–H groups in total. The van der Waals surface area contributed by atoms with E-state index in [1.807, 2.05) is 0 Å². The molecule has 0 aliphatic heterocycles. The van der Waals surface area contributed by atoms with Crippen molar-refractivity contribution in [2.75, 3.05) is 0 Å². The molecule has 16 heavy (non-hydrogen) atoms. The van der Waals surface area contributed by atoms with E-state index < -0.39 is 0 Å². The summed E-state index contributed by atoms with van der Waals surface area (Å²) in [7, 11) is 0. The van der Waals surface area contributed by atoms with Crippen LogP contribution in [0.25, 0.3) is 0 Å². The Bertz CT molecular complexity index is 464. The van der Waals surface area contributed by atoms with Gasteiger partial charge >= 0.3 is 0 Å². The molecule has 2 heteroatoms. The molecule has 3 rings (SSSR count). The zero-order valence-electron chi connectivity index (χ0n) is 9.77. The molecule has 1 saturated carbocycles. The second-order valence-electron chi connectivity index (χ2n) is 5.64. The number of rotatable bonds is 1. The van der Waals surface area contributed by atoms with Gasteiger partial charge in [0, 0.05) is 11.3 Å². The Balaban J connectivity index is 2.12. The van der Waals surface area contributed by atoms with Crippen molar-refractivity contribution >= 4 is 6.21 Å². The molecule has 0 bridgehead atoms. The van der Waals surface area contributed by atoms with Crippen LogP contribution >= 0.6 is 0 Å². The number of benzene rings is 1. The number of oxime groups is 1. The SMILES string of the molecule is CC1(C)C2c3ccccc3CCC21/C=N/O. The van der Waals surface area contributed by atoms with Crippen molar-refractivity contribution < 1.29 is 5.21 Å². The summed E-state index contributed by atoms with van der Waals surface area (Å²) in [5.41, 5.74) is 3.25. The summed E-state index contributed by atoms with van der Waals surface area (Å²) in [6.45, 7) is 4.56. The first-order chi connectivity index (χ1) is 7.63. The van der Waals surface area contributed by atoms with E-state index in [0.29, 0.717) is 5.92 Å². The Labute approximate surface area is 96.0 Å². The molecule has 2 atom stereocenters. The van der Waals surface area contributed by atoms with Crippen molar-refractivity contribution in [1.29, 1.82) is 0 Å². The van der Waals surface area contributed by atoms with E-state index in [1.165, 1.54) is 11.1 Å². The van der Waals surface area contributed by atoms with E-state index in [4.69, 9.17) is 5.21 Å². The largest absolute Gasteiger partial charge is 0.411 e. The third-order valence-electron chi connectivity index (χ3n) is 4.82. The van der Waals surface area contributed by atoms with Gasteiger partial charge in [-0.2, -0.15) is 0 Å². The molecule has 0 aromatic heterocycles. The van der Waals surface area contributed by atoms with Crippen LogP contribution in [-0.4, -0.2) is 11.4 Å². The highest BCUT2D eigenvalue weighted by Crippen LogP contribution is 2.76. The number of aryl methyl sites for hydroxylation is 1. The van der Waals surface area contributed by atoms with Gasteiger partial charge in [0.25, 0.3) is 0 Å². The smallest absolute Gasteiger partial charge is 0.0509 e. The molecular formula is C14H17NO. The maximum atomic E-state index is 8.86. The second-order valence-corrected chi connectivity index (χ2v) is 5.64. The molecule has 1 aromatic carbocycles. The van der Waals surface area contributed by atoms with Crippen molar-refractivity contribution in [3.05, 3.63) is 35.4 Å². The normalized spacial score (nSPS) is 34.5. The van der Waals surface area contributed by atoms with Crippen molar-refractivity contribution in [3.8, 4) is 0 Å². The van der Waals surface area contributed by atoms with Gasteiger partial charge in [0.15, 0.2) is 0 Å². The van der Waals surface area contributed by atoms with E-state index in [9.17, 15) is 0 Å². The van der Waals surface area contributed by atoms with Crippen LogP contribution in [0, 0.1) is 10.8 Å². The van der Waals surface area contributed by atoms with Crippen LogP contribution in [0.2, 0.25) is 0 Å². The first kappa shape index (κ1) is 9.88. The zero-order valence-corrected chi connectivity index (χ0v) is 9.77. The van der Waals surface area contributed by atoms with Crippen LogP contribution in [0.4, 0.5) is 0 Å². The van der Waals surface area contributed by atoms with Gasteiger partial charge in [-0.3, -0.25) is 0 Å². The lowest BCUT2D eigenvalue weighted by Gasteiger charge is -2.20. The fourth-order valence-electron chi connectivity index (χ4n) is 3.81. The van der Waals surface area contributed by atoms with Gasteiger partial charge < -0.3 is 5.21 Å². The summed E-state index contributed by atoms with van der Waals surface area (Å²) in [6.07, 6.45) is 3.97. The van der Waals surface area contributed by atoms with E-state index in [0.717, 1.165) is 12.8 Å². The summed E-state index contributed by atoms with van der Waals surface area (Å²) in [5.74, 6) is 0.529. The fraction of sp³-hybridized carbons (Fsp3) is 0.500. The van der Waals surface area contributed by atoms with Gasteiger partial charge in [-0.05, 0) is 29.4 Å². The highest BCUT2D eigenvalue weighted by Gasteiger charge is 2.71. The van der Waals surface area contributed by atoms with Crippen LogP contribution in [-0.2, 0) is 6.42 Å². The summed E-state index contributed by atoms with van der Waals surface area (Å²) < 4.78 is 0. The topological polar surface area (TPSA) is 32.6 Å². The highest BCUT2D eigenvalue weighted by molar-refractivity contribution is 5.76. The zero-order chi connectivity index (χ0) is 11.4. The Morgan fingerprint density at radius 1 is 1.38 bits per heavy atom. The predicted molar refractivity (Wildman–Crippen MR) is 64.0 cm³/mol. The monoisotopic (exact) mass is 215 g/mol. The van der Waals surface area contributed by atoms with Crippen molar-refractivity contribution in [2.45, 2.75) is 32.6 Å². The van der Waals surface area contributed by atoms with Crippen LogP contribution in [0.1, 0.15) is 37.3 Å². The molecule has 2 aliphatic rings. The minimum atomic E-state index is 0.0934. The average molecular weight is 215 g/mol. The summed E-state index contributed by atoms with van der Waals surface area (Å²) in [5, 5.41) is 12.2. The number of nitrogens with zero attached hydrogens (tertiary/aromatic N) is 1.